The van der Waals surface area contributed by atoms with E-state index >= 15 is 0 Å². The molecule has 1 fully saturated rings. The second-order valence-corrected chi connectivity index (χ2v) is 5.19. The van der Waals surface area contributed by atoms with Crippen LogP contribution in [-0.4, -0.2) is 54.1 Å². The van der Waals surface area contributed by atoms with Gasteiger partial charge in [0, 0.05) is 0 Å². The summed E-state index contributed by atoms with van der Waals surface area (Å²) in [5, 5.41) is 19.3. The summed E-state index contributed by atoms with van der Waals surface area (Å²) < 4.78 is 19.7. The molecule has 10 nitrogen and oxygen atoms in total. The van der Waals surface area contributed by atoms with E-state index in [1.165, 1.54) is 17.8 Å². The molecule has 120 valence electrons. The minimum atomic E-state index is -1.82. The number of halogens is 1. The summed E-state index contributed by atoms with van der Waals surface area (Å²) in [6, 6.07) is 0. The van der Waals surface area contributed by atoms with Gasteiger partial charge in [-0.05, 0) is 11.4 Å². The molecular weight excluding hydrogens is 301 g/mol. The number of ether oxygens (including phenoxy) is 1. The first-order chi connectivity index (χ1) is 10.4. The highest BCUT2D eigenvalue weighted by Gasteiger charge is 2.56. The number of aromatic amines is 1. The van der Waals surface area contributed by atoms with Gasteiger partial charge >= 0.3 is 0 Å². The van der Waals surface area contributed by atoms with E-state index in [0.717, 1.165) is 0 Å². The van der Waals surface area contributed by atoms with Gasteiger partial charge in [0.05, 0.1) is 12.9 Å². The van der Waals surface area contributed by atoms with Crippen LogP contribution in [0.1, 0.15) is 13.2 Å². The van der Waals surface area contributed by atoms with E-state index in [9.17, 15) is 19.5 Å². The van der Waals surface area contributed by atoms with Gasteiger partial charge in [0.2, 0.25) is 5.95 Å². The molecule has 2 aromatic heterocycles. The molecule has 0 bridgehead atoms. The van der Waals surface area contributed by atoms with Crippen molar-refractivity contribution >= 4 is 17.1 Å². The molecular formula is C11H14FN5O5. The highest BCUT2D eigenvalue weighted by atomic mass is 19.3. The van der Waals surface area contributed by atoms with Crippen molar-refractivity contribution in [2.75, 3.05) is 12.3 Å². The third-order valence-electron chi connectivity index (χ3n) is 3.78. The van der Waals surface area contributed by atoms with Crippen LogP contribution < -0.4 is 11.3 Å². The Kier molecular flexibility index (Phi) is 3.36. The van der Waals surface area contributed by atoms with E-state index in [1.807, 2.05) is 0 Å². The molecule has 11 heteroatoms. The number of nitrogens with zero attached hydrogens (tertiary/aromatic N) is 3. The van der Waals surface area contributed by atoms with Crippen LogP contribution in [-0.2, 0) is 9.68 Å². The molecule has 1 aliphatic rings. The highest BCUT2D eigenvalue weighted by molar-refractivity contribution is 5.70. The van der Waals surface area contributed by atoms with Crippen LogP contribution in [0.25, 0.3) is 11.2 Å². The lowest BCUT2D eigenvalue weighted by molar-refractivity contribution is -0.275. The van der Waals surface area contributed by atoms with Crippen molar-refractivity contribution in [1.29, 1.82) is 0 Å². The number of nitrogens with one attached hydrogen (secondary N) is 1. The molecule has 2 aromatic rings. The van der Waals surface area contributed by atoms with E-state index in [1.54, 1.807) is 0 Å². The first-order valence-electron chi connectivity index (χ1n) is 6.39. The van der Waals surface area contributed by atoms with E-state index in [0.29, 0.717) is 0 Å². The quantitative estimate of drug-likeness (QED) is 0.541. The molecule has 0 aliphatic carbocycles. The molecule has 5 N–H and O–H groups in total. The Morgan fingerprint density at radius 2 is 2.41 bits per heavy atom. The summed E-state index contributed by atoms with van der Waals surface area (Å²) in [5.74, 6) is -0.153. The average Bonchev–Trinajstić information content (AvgIpc) is 3.00. The van der Waals surface area contributed by atoms with Crippen LogP contribution >= 0.6 is 0 Å². The molecule has 3 rings (SSSR count). The summed E-state index contributed by atoms with van der Waals surface area (Å²) in [6.07, 6.45) is -2.52. The van der Waals surface area contributed by atoms with Crippen molar-refractivity contribution in [2.24, 2.45) is 0 Å². The van der Waals surface area contributed by atoms with Gasteiger partial charge in [-0.3, -0.25) is 14.3 Å². The second kappa shape index (κ2) is 4.98. The molecule has 1 aliphatic heterocycles. The van der Waals surface area contributed by atoms with Crippen LogP contribution in [0.4, 0.5) is 10.5 Å². The maximum atomic E-state index is 13.1. The SMILES string of the molecule is C[C@@]1(OF)[C@@H](O)[C@@H](CO)O[C@H]1n1cnc2c(=O)[nH]c(N)nc21. The Balaban J connectivity index is 2.16. The fourth-order valence-corrected chi connectivity index (χ4v) is 2.57. The molecule has 0 amide bonds. The Morgan fingerprint density at radius 3 is 3.05 bits per heavy atom. The Bertz CT molecular complexity index is 763. The fourth-order valence-electron chi connectivity index (χ4n) is 2.57. The molecule has 0 saturated carbocycles. The minimum absolute atomic E-state index is 0.0269. The first kappa shape index (κ1) is 14.8. The van der Waals surface area contributed by atoms with Gasteiger partial charge in [-0.1, -0.05) is 0 Å². The largest absolute Gasteiger partial charge is 0.394 e. The Morgan fingerprint density at radius 1 is 1.68 bits per heavy atom. The number of hydrogen-bond acceptors (Lipinski definition) is 8. The smallest absolute Gasteiger partial charge is 0.280 e. The van der Waals surface area contributed by atoms with E-state index in [4.69, 9.17) is 10.5 Å². The van der Waals surface area contributed by atoms with Crippen LogP contribution in [0.3, 0.4) is 0 Å². The first-order valence-corrected chi connectivity index (χ1v) is 6.39. The molecule has 0 unspecified atom stereocenters. The van der Waals surface area contributed by atoms with Crippen molar-refractivity contribution in [2.45, 2.75) is 31.0 Å². The highest BCUT2D eigenvalue weighted by Crippen LogP contribution is 2.42. The van der Waals surface area contributed by atoms with Gasteiger partial charge in [-0.15, -0.1) is 0 Å². The van der Waals surface area contributed by atoms with Gasteiger partial charge in [-0.25, -0.2) is 4.98 Å². The van der Waals surface area contributed by atoms with Crippen molar-refractivity contribution in [3.05, 3.63) is 16.7 Å². The topological polar surface area (TPSA) is 149 Å². The summed E-state index contributed by atoms with van der Waals surface area (Å²) in [5.41, 5.74) is 3.12. The van der Waals surface area contributed by atoms with E-state index in [-0.39, 0.29) is 17.1 Å². The number of H-pyrrole nitrogens is 1. The standard InChI is InChI=1S/C11H14FN5O5/c1-11(22-12)6(19)4(2-18)21-9(11)17-3-14-5-7(17)15-10(13)16-8(5)20/h3-4,6,9,18-19H,2H2,1H3,(H3,13,15,16,20)/t4-,6+,9-,11-/m1/s1. The number of rotatable bonds is 3. The number of fused-ring (bicyclic) bond motifs is 1. The summed E-state index contributed by atoms with van der Waals surface area (Å²) in [6.45, 7) is 0.722. The predicted molar refractivity (Wildman–Crippen MR) is 70.2 cm³/mol. The number of aromatic nitrogens is 4. The number of anilines is 1. The lowest BCUT2D eigenvalue weighted by atomic mass is 9.96. The summed E-state index contributed by atoms with van der Waals surface area (Å²) in [4.78, 5) is 25.8. The van der Waals surface area contributed by atoms with Crippen molar-refractivity contribution in [3.8, 4) is 0 Å². The van der Waals surface area contributed by atoms with Gasteiger partial charge in [0.25, 0.3) is 5.56 Å². The van der Waals surface area contributed by atoms with Crippen LogP contribution in [0.15, 0.2) is 11.1 Å². The number of nitrogen functional groups attached to an aromatic ring is 1. The summed E-state index contributed by atoms with van der Waals surface area (Å²) in [7, 11) is 0. The second-order valence-electron chi connectivity index (χ2n) is 5.19. The van der Waals surface area contributed by atoms with E-state index in [2.05, 4.69) is 19.9 Å². The molecule has 4 atom stereocenters. The summed E-state index contributed by atoms with van der Waals surface area (Å²) >= 11 is 0. The number of aliphatic hydroxyl groups excluding tert-OH is 2. The van der Waals surface area contributed by atoms with Gasteiger partial charge in [-0.2, -0.15) is 9.93 Å². The number of hydrogen-bond donors (Lipinski definition) is 4. The third kappa shape index (κ3) is 1.90. The monoisotopic (exact) mass is 315 g/mol. The Hall–Kier alpha value is -2.08. The van der Waals surface area contributed by atoms with Crippen LogP contribution in [0.2, 0.25) is 0 Å². The van der Waals surface area contributed by atoms with Crippen LogP contribution in [0, 0.1) is 0 Å². The maximum absolute atomic E-state index is 13.1. The lowest BCUT2D eigenvalue weighted by Gasteiger charge is -2.28. The molecule has 0 radical (unpaired) electrons. The number of nitrogens with two attached hydrogens (primary N) is 1. The van der Waals surface area contributed by atoms with Gasteiger partial charge in [0.1, 0.15) is 12.2 Å². The zero-order valence-corrected chi connectivity index (χ0v) is 11.4. The lowest BCUT2D eigenvalue weighted by Crippen LogP contribution is -2.45. The average molecular weight is 315 g/mol. The Labute approximate surface area is 122 Å². The van der Waals surface area contributed by atoms with Crippen molar-refractivity contribution in [3.63, 3.8) is 0 Å². The molecule has 22 heavy (non-hydrogen) atoms. The van der Waals surface area contributed by atoms with E-state index < -0.39 is 36.2 Å². The van der Waals surface area contributed by atoms with Gasteiger partial charge in [0.15, 0.2) is 23.0 Å². The van der Waals surface area contributed by atoms with Gasteiger partial charge < -0.3 is 20.7 Å². The molecule has 3 heterocycles. The van der Waals surface area contributed by atoms with Crippen molar-refractivity contribution in [1.82, 2.24) is 19.5 Å². The zero-order chi connectivity index (χ0) is 16.1. The third-order valence-corrected chi connectivity index (χ3v) is 3.78. The molecule has 0 aromatic carbocycles. The zero-order valence-electron chi connectivity index (χ0n) is 11.4. The fraction of sp³-hybridized carbons (Fsp3) is 0.545. The maximum Gasteiger partial charge on any atom is 0.280 e. The predicted octanol–water partition coefficient (Wildman–Crippen LogP) is -1.39. The van der Waals surface area contributed by atoms with Crippen LogP contribution in [0.5, 0.6) is 0 Å². The minimum Gasteiger partial charge on any atom is -0.394 e. The number of aliphatic hydroxyl groups is 2. The number of imidazole rings is 1. The normalized spacial score (nSPS) is 31.9. The molecule has 0 spiro atoms. The van der Waals surface area contributed by atoms with Crippen molar-refractivity contribution < 1.29 is 24.4 Å². The molecule has 1 saturated heterocycles.